The summed E-state index contributed by atoms with van der Waals surface area (Å²) in [7, 11) is 1.61. The van der Waals surface area contributed by atoms with Gasteiger partial charge in [-0.2, -0.15) is 0 Å². The standard InChI is InChI=1S/C9H12ClNO2/c1-12-9-6-8(10)3-2-7(9)4-5-13-11/h2-3,6H,4-5,11H2,1H3. The van der Waals surface area contributed by atoms with Gasteiger partial charge in [0.05, 0.1) is 13.7 Å². The molecule has 13 heavy (non-hydrogen) atoms. The van der Waals surface area contributed by atoms with E-state index in [0.717, 1.165) is 17.7 Å². The van der Waals surface area contributed by atoms with Crippen molar-refractivity contribution < 1.29 is 9.57 Å². The number of ether oxygens (including phenoxy) is 1. The SMILES string of the molecule is COc1cc(Cl)ccc1CCON. The molecule has 1 aromatic carbocycles. The van der Waals surface area contributed by atoms with Crippen molar-refractivity contribution in [3.63, 3.8) is 0 Å². The molecule has 0 amide bonds. The fraction of sp³-hybridized carbons (Fsp3) is 0.333. The zero-order chi connectivity index (χ0) is 9.68. The largest absolute Gasteiger partial charge is 0.496 e. The molecule has 0 aliphatic rings. The zero-order valence-electron chi connectivity index (χ0n) is 7.42. The number of methoxy groups -OCH3 is 1. The molecular formula is C9H12ClNO2. The van der Waals surface area contributed by atoms with E-state index in [0.29, 0.717) is 11.6 Å². The maximum atomic E-state index is 5.79. The van der Waals surface area contributed by atoms with E-state index in [9.17, 15) is 0 Å². The van der Waals surface area contributed by atoms with E-state index in [2.05, 4.69) is 4.84 Å². The van der Waals surface area contributed by atoms with Gasteiger partial charge < -0.3 is 9.57 Å². The van der Waals surface area contributed by atoms with E-state index in [1.165, 1.54) is 0 Å². The highest BCUT2D eigenvalue weighted by molar-refractivity contribution is 6.30. The summed E-state index contributed by atoms with van der Waals surface area (Å²) in [6.07, 6.45) is 0.719. The van der Waals surface area contributed by atoms with Crippen molar-refractivity contribution in [3.05, 3.63) is 28.8 Å². The van der Waals surface area contributed by atoms with Gasteiger partial charge >= 0.3 is 0 Å². The zero-order valence-corrected chi connectivity index (χ0v) is 8.17. The molecule has 0 radical (unpaired) electrons. The molecule has 0 atom stereocenters. The van der Waals surface area contributed by atoms with Crippen molar-refractivity contribution in [2.24, 2.45) is 5.90 Å². The number of benzene rings is 1. The van der Waals surface area contributed by atoms with Crippen LogP contribution >= 0.6 is 11.6 Å². The first-order valence-corrected chi connectivity index (χ1v) is 4.30. The quantitative estimate of drug-likeness (QED) is 0.756. The van der Waals surface area contributed by atoms with Crippen molar-refractivity contribution in [1.82, 2.24) is 0 Å². The van der Waals surface area contributed by atoms with Crippen molar-refractivity contribution in [2.45, 2.75) is 6.42 Å². The van der Waals surface area contributed by atoms with Crippen LogP contribution in [0.15, 0.2) is 18.2 Å². The van der Waals surface area contributed by atoms with E-state index in [-0.39, 0.29) is 0 Å². The number of hydrogen-bond donors (Lipinski definition) is 1. The van der Waals surface area contributed by atoms with E-state index in [1.54, 1.807) is 13.2 Å². The topological polar surface area (TPSA) is 44.5 Å². The van der Waals surface area contributed by atoms with Crippen molar-refractivity contribution in [3.8, 4) is 5.75 Å². The third-order valence-corrected chi connectivity index (χ3v) is 1.97. The molecule has 0 bridgehead atoms. The van der Waals surface area contributed by atoms with E-state index in [4.69, 9.17) is 22.2 Å². The molecule has 72 valence electrons. The van der Waals surface area contributed by atoms with Crippen LogP contribution in [-0.2, 0) is 11.3 Å². The second-order valence-electron chi connectivity index (χ2n) is 2.58. The molecule has 0 fully saturated rings. The summed E-state index contributed by atoms with van der Waals surface area (Å²) in [6, 6.07) is 5.49. The Morgan fingerprint density at radius 1 is 1.46 bits per heavy atom. The molecule has 0 spiro atoms. The Bertz CT molecular complexity index is 278. The normalized spacial score (nSPS) is 10.1. The van der Waals surface area contributed by atoms with E-state index >= 15 is 0 Å². The summed E-state index contributed by atoms with van der Waals surface area (Å²) < 4.78 is 5.14. The molecule has 0 aliphatic heterocycles. The van der Waals surface area contributed by atoms with Gasteiger partial charge in [-0.15, -0.1) is 0 Å². The van der Waals surface area contributed by atoms with E-state index < -0.39 is 0 Å². The second-order valence-corrected chi connectivity index (χ2v) is 3.01. The number of halogens is 1. The highest BCUT2D eigenvalue weighted by atomic mass is 35.5. The Hall–Kier alpha value is -0.770. The molecule has 0 saturated carbocycles. The molecule has 0 aromatic heterocycles. The lowest BCUT2D eigenvalue weighted by molar-refractivity contribution is 0.140. The Morgan fingerprint density at radius 2 is 2.23 bits per heavy atom. The number of rotatable bonds is 4. The Labute approximate surface area is 82.4 Å². The van der Waals surface area contributed by atoms with Crippen LogP contribution in [-0.4, -0.2) is 13.7 Å². The molecular weight excluding hydrogens is 190 g/mol. The van der Waals surface area contributed by atoms with Crippen LogP contribution in [0.3, 0.4) is 0 Å². The summed E-state index contributed by atoms with van der Waals surface area (Å²) in [5, 5.41) is 0.661. The third kappa shape index (κ3) is 2.88. The maximum Gasteiger partial charge on any atom is 0.123 e. The molecule has 0 heterocycles. The monoisotopic (exact) mass is 201 g/mol. The first kappa shape index (κ1) is 10.3. The summed E-state index contributed by atoms with van der Waals surface area (Å²) in [4.78, 5) is 4.49. The van der Waals surface area contributed by atoms with Crippen LogP contribution in [0.1, 0.15) is 5.56 Å². The highest BCUT2D eigenvalue weighted by Gasteiger charge is 2.02. The Kier molecular flexibility index (Phi) is 4.02. The van der Waals surface area contributed by atoms with Crippen LogP contribution in [0.5, 0.6) is 5.75 Å². The van der Waals surface area contributed by atoms with Crippen LogP contribution < -0.4 is 10.6 Å². The average Bonchev–Trinajstić information content (AvgIpc) is 2.16. The van der Waals surface area contributed by atoms with Gasteiger partial charge in [-0.3, -0.25) is 0 Å². The van der Waals surface area contributed by atoms with Crippen molar-refractivity contribution in [2.75, 3.05) is 13.7 Å². The summed E-state index contributed by atoms with van der Waals surface area (Å²) in [6.45, 7) is 0.470. The summed E-state index contributed by atoms with van der Waals surface area (Å²) >= 11 is 5.79. The maximum absolute atomic E-state index is 5.79. The van der Waals surface area contributed by atoms with Crippen LogP contribution in [0.2, 0.25) is 5.02 Å². The third-order valence-electron chi connectivity index (χ3n) is 1.74. The predicted octanol–water partition coefficient (Wildman–Crippen LogP) is 1.78. The van der Waals surface area contributed by atoms with Crippen molar-refractivity contribution in [1.29, 1.82) is 0 Å². The average molecular weight is 202 g/mol. The highest BCUT2D eigenvalue weighted by Crippen LogP contribution is 2.23. The van der Waals surface area contributed by atoms with Gasteiger partial charge in [-0.1, -0.05) is 17.7 Å². The van der Waals surface area contributed by atoms with Gasteiger partial charge in [-0.05, 0) is 17.7 Å². The molecule has 0 aliphatic carbocycles. The lowest BCUT2D eigenvalue weighted by Gasteiger charge is -2.07. The predicted molar refractivity (Wildman–Crippen MR) is 51.8 cm³/mol. The fourth-order valence-electron chi connectivity index (χ4n) is 1.09. The molecule has 4 heteroatoms. The molecule has 1 rings (SSSR count). The summed E-state index contributed by atoms with van der Waals surface area (Å²) in [5.41, 5.74) is 1.04. The molecule has 2 N–H and O–H groups in total. The van der Waals surface area contributed by atoms with Gasteiger partial charge in [0.25, 0.3) is 0 Å². The summed E-state index contributed by atoms with van der Waals surface area (Å²) in [5.74, 6) is 5.70. The lowest BCUT2D eigenvalue weighted by atomic mass is 10.1. The molecule has 0 unspecified atom stereocenters. The van der Waals surface area contributed by atoms with Gasteiger partial charge in [-0.25, -0.2) is 5.90 Å². The number of nitrogens with two attached hydrogens (primary N) is 1. The first-order valence-electron chi connectivity index (χ1n) is 3.92. The van der Waals surface area contributed by atoms with Crippen molar-refractivity contribution >= 4 is 11.6 Å². The van der Waals surface area contributed by atoms with Gasteiger partial charge in [0.1, 0.15) is 5.75 Å². The van der Waals surface area contributed by atoms with Crippen LogP contribution in [0.4, 0.5) is 0 Å². The van der Waals surface area contributed by atoms with Gasteiger partial charge in [0.15, 0.2) is 0 Å². The van der Waals surface area contributed by atoms with Crippen LogP contribution in [0.25, 0.3) is 0 Å². The minimum absolute atomic E-state index is 0.470. The molecule has 0 saturated heterocycles. The second kappa shape index (κ2) is 5.07. The molecule has 3 nitrogen and oxygen atoms in total. The Morgan fingerprint density at radius 3 is 2.85 bits per heavy atom. The lowest BCUT2D eigenvalue weighted by Crippen LogP contribution is -2.04. The first-order chi connectivity index (χ1) is 6.27. The molecule has 1 aromatic rings. The van der Waals surface area contributed by atoms with Gasteiger partial charge in [0, 0.05) is 11.4 Å². The van der Waals surface area contributed by atoms with Gasteiger partial charge in [0.2, 0.25) is 0 Å². The fourth-order valence-corrected chi connectivity index (χ4v) is 1.26. The minimum atomic E-state index is 0.470. The minimum Gasteiger partial charge on any atom is -0.496 e. The smallest absolute Gasteiger partial charge is 0.123 e. The van der Waals surface area contributed by atoms with E-state index in [1.807, 2.05) is 12.1 Å². The van der Waals surface area contributed by atoms with Crippen LogP contribution in [0, 0.1) is 0 Å². The number of hydrogen-bond acceptors (Lipinski definition) is 3. The Balaban J connectivity index is 2.79.